The van der Waals surface area contributed by atoms with Gasteiger partial charge in [0.05, 0.1) is 24.9 Å². The molecule has 2 aromatic heterocycles. The number of rotatable bonds is 6. The lowest BCUT2D eigenvalue weighted by Gasteiger charge is -2.13. The third kappa shape index (κ3) is 3.89. The highest BCUT2D eigenvalue weighted by Crippen LogP contribution is 2.02. The average molecular weight is 274 g/mol. The smallest absolute Gasteiger partial charge is 0.339 e. The summed E-state index contributed by atoms with van der Waals surface area (Å²) in [5.74, 6) is -0.371. The summed E-state index contributed by atoms with van der Waals surface area (Å²) in [5, 5.41) is 7.52. The normalized spacial score (nSPS) is 12.1. The van der Waals surface area contributed by atoms with E-state index in [1.54, 1.807) is 12.3 Å². The van der Waals surface area contributed by atoms with Gasteiger partial charge in [0, 0.05) is 31.2 Å². The molecule has 0 saturated heterocycles. The summed E-state index contributed by atoms with van der Waals surface area (Å²) >= 11 is 0. The van der Waals surface area contributed by atoms with Gasteiger partial charge in [0.25, 0.3) is 0 Å². The first-order valence-electron chi connectivity index (χ1n) is 6.43. The van der Waals surface area contributed by atoms with Crippen LogP contribution in [-0.2, 0) is 17.8 Å². The topological polar surface area (TPSA) is 69.0 Å². The van der Waals surface area contributed by atoms with Gasteiger partial charge in [0.1, 0.15) is 0 Å². The van der Waals surface area contributed by atoms with E-state index in [1.807, 2.05) is 23.0 Å². The summed E-state index contributed by atoms with van der Waals surface area (Å²) in [6.07, 6.45) is 5.22. The van der Waals surface area contributed by atoms with Gasteiger partial charge >= 0.3 is 5.97 Å². The van der Waals surface area contributed by atoms with Gasteiger partial charge in [0.15, 0.2) is 0 Å². The summed E-state index contributed by atoms with van der Waals surface area (Å²) in [5.41, 5.74) is 1.34. The minimum absolute atomic E-state index is 0.275. The number of nitrogens with zero attached hydrogens (tertiary/aromatic N) is 3. The number of esters is 1. The Bertz CT molecular complexity index is 537. The van der Waals surface area contributed by atoms with Crippen molar-refractivity contribution in [2.45, 2.75) is 26.1 Å². The minimum atomic E-state index is -0.371. The molecule has 0 bridgehead atoms. The fraction of sp³-hybridized carbons (Fsp3) is 0.357. The first-order valence-corrected chi connectivity index (χ1v) is 6.43. The number of hydrogen-bond acceptors (Lipinski definition) is 5. The lowest BCUT2D eigenvalue weighted by molar-refractivity contribution is 0.0600. The third-order valence-corrected chi connectivity index (χ3v) is 2.90. The molecule has 1 unspecified atom stereocenters. The first kappa shape index (κ1) is 14.2. The van der Waals surface area contributed by atoms with E-state index in [2.05, 4.69) is 27.1 Å². The molecule has 0 aliphatic rings. The predicted octanol–water partition coefficient (Wildman–Crippen LogP) is 1.24. The molecule has 6 heteroatoms. The van der Waals surface area contributed by atoms with E-state index in [0.29, 0.717) is 12.1 Å². The van der Waals surface area contributed by atoms with Crippen LogP contribution < -0.4 is 5.32 Å². The molecule has 0 aliphatic carbocycles. The molecule has 0 aromatic carbocycles. The van der Waals surface area contributed by atoms with E-state index in [9.17, 15) is 4.79 Å². The Morgan fingerprint density at radius 1 is 1.50 bits per heavy atom. The van der Waals surface area contributed by atoms with Crippen molar-refractivity contribution in [2.24, 2.45) is 0 Å². The van der Waals surface area contributed by atoms with Gasteiger partial charge in [-0.3, -0.25) is 9.67 Å². The van der Waals surface area contributed by atoms with E-state index < -0.39 is 0 Å². The number of methoxy groups -OCH3 is 1. The molecule has 0 spiro atoms. The maximum absolute atomic E-state index is 11.3. The van der Waals surface area contributed by atoms with Crippen molar-refractivity contribution in [2.75, 3.05) is 7.11 Å². The van der Waals surface area contributed by atoms with Gasteiger partial charge in [-0.25, -0.2) is 4.79 Å². The average Bonchev–Trinajstić information content (AvgIpc) is 2.97. The van der Waals surface area contributed by atoms with Gasteiger partial charge in [0.2, 0.25) is 0 Å². The van der Waals surface area contributed by atoms with Crippen LogP contribution in [0.1, 0.15) is 23.0 Å². The Hall–Kier alpha value is -2.21. The third-order valence-electron chi connectivity index (χ3n) is 2.90. The number of ether oxygens (including phenoxy) is 1. The van der Waals surface area contributed by atoms with E-state index in [4.69, 9.17) is 0 Å². The van der Waals surface area contributed by atoms with Gasteiger partial charge in [-0.15, -0.1) is 0 Å². The Kier molecular flexibility index (Phi) is 4.84. The molecule has 0 radical (unpaired) electrons. The van der Waals surface area contributed by atoms with Gasteiger partial charge in [-0.1, -0.05) is 0 Å². The Balaban J connectivity index is 1.83. The van der Waals surface area contributed by atoms with Crippen LogP contribution in [-0.4, -0.2) is 33.9 Å². The predicted molar refractivity (Wildman–Crippen MR) is 74.1 cm³/mol. The molecule has 106 valence electrons. The molecule has 0 saturated carbocycles. The highest BCUT2D eigenvalue weighted by molar-refractivity contribution is 5.88. The Morgan fingerprint density at radius 2 is 2.35 bits per heavy atom. The van der Waals surface area contributed by atoms with Crippen molar-refractivity contribution in [3.8, 4) is 0 Å². The summed E-state index contributed by atoms with van der Waals surface area (Å²) in [4.78, 5) is 15.5. The number of carbonyl (C=O) groups is 1. The van der Waals surface area contributed by atoms with Crippen molar-refractivity contribution in [3.63, 3.8) is 0 Å². The monoisotopic (exact) mass is 274 g/mol. The molecule has 0 amide bonds. The van der Waals surface area contributed by atoms with Crippen LogP contribution in [0.4, 0.5) is 0 Å². The maximum atomic E-state index is 11.3. The largest absolute Gasteiger partial charge is 0.465 e. The lowest BCUT2D eigenvalue weighted by atomic mass is 10.2. The number of carbonyl (C=O) groups excluding carboxylic acids is 1. The summed E-state index contributed by atoms with van der Waals surface area (Å²) in [7, 11) is 1.36. The molecule has 2 rings (SSSR count). The molecule has 20 heavy (non-hydrogen) atoms. The van der Waals surface area contributed by atoms with E-state index in [-0.39, 0.29) is 12.0 Å². The van der Waals surface area contributed by atoms with Crippen molar-refractivity contribution in [3.05, 3.63) is 48.0 Å². The summed E-state index contributed by atoms with van der Waals surface area (Å²) in [6.45, 7) is 3.53. The number of pyridine rings is 1. The van der Waals surface area contributed by atoms with Gasteiger partial charge < -0.3 is 10.1 Å². The van der Waals surface area contributed by atoms with Crippen molar-refractivity contribution >= 4 is 5.97 Å². The van der Waals surface area contributed by atoms with Crippen molar-refractivity contribution in [1.29, 1.82) is 0 Å². The van der Waals surface area contributed by atoms with Crippen LogP contribution in [0, 0.1) is 0 Å². The Labute approximate surface area is 117 Å². The maximum Gasteiger partial charge on any atom is 0.339 e. The van der Waals surface area contributed by atoms with Crippen LogP contribution in [0.2, 0.25) is 0 Å². The van der Waals surface area contributed by atoms with Crippen LogP contribution >= 0.6 is 0 Å². The lowest BCUT2D eigenvalue weighted by Crippen LogP contribution is -2.30. The summed E-state index contributed by atoms with van der Waals surface area (Å²) in [6, 6.07) is 5.71. The fourth-order valence-electron chi connectivity index (χ4n) is 1.80. The highest BCUT2D eigenvalue weighted by atomic mass is 16.5. The van der Waals surface area contributed by atoms with Gasteiger partial charge in [-0.2, -0.15) is 5.10 Å². The highest BCUT2D eigenvalue weighted by Gasteiger charge is 2.07. The molecule has 2 aromatic rings. The molecule has 0 fully saturated rings. The van der Waals surface area contributed by atoms with Crippen LogP contribution in [0.25, 0.3) is 0 Å². The second kappa shape index (κ2) is 6.81. The number of nitrogens with one attached hydrogen (secondary N) is 1. The van der Waals surface area contributed by atoms with Crippen LogP contribution in [0.5, 0.6) is 0 Å². The van der Waals surface area contributed by atoms with Crippen LogP contribution in [0.3, 0.4) is 0 Å². The van der Waals surface area contributed by atoms with E-state index in [1.165, 1.54) is 13.3 Å². The number of aromatic nitrogens is 3. The second-order valence-corrected chi connectivity index (χ2v) is 4.54. The first-order chi connectivity index (χ1) is 9.69. The quantitative estimate of drug-likeness (QED) is 0.803. The SMILES string of the molecule is COC(=O)c1ccc(CNC(C)Cn2cccn2)nc1. The molecule has 6 nitrogen and oxygen atoms in total. The molecule has 1 atom stereocenters. The minimum Gasteiger partial charge on any atom is -0.465 e. The zero-order valence-electron chi connectivity index (χ0n) is 11.6. The van der Waals surface area contributed by atoms with E-state index in [0.717, 1.165) is 12.2 Å². The Morgan fingerprint density at radius 3 is 2.95 bits per heavy atom. The van der Waals surface area contributed by atoms with E-state index >= 15 is 0 Å². The van der Waals surface area contributed by atoms with Crippen molar-refractivity contribution in [1.82, 2.24) is 20.1 Å². The molecule has 0 aliphatic heterocycles. The molecule has 1 N–H and O–H groups in total. The standard InChI is InChI=1S/C14H18N4O2/c1-11(10-18-7-3-6-17-18)15-9-13-5-4-12(8-16-13)14(19)20-2/h3-8,11,15H,9-10H2,1-2H3. The fourth-order valence-corrected chi connectivity index (χ4v) is 1.80. The zero-order valence-corrected chi connectivity index (χ0v) is 11.6. The van der Waals surface area contributed by atoms with Crippen molar-refractivity contribution < 1.29 is 9.53 Å². The molecular weight excluding hydrogens is 256 g/mol. The van der Waals surface area contributed by atoms with Gasteiger partial charge in [-0.05, 0) is 25.1 Å². The molecular formula is C14H18N4O2. The summed E-state index contributed by atoms with van der Waals surface area (Å²) < 4.78 is 6.51. The molecule has 2 heterocycles. The van der Waals surface area contributed by atoms with Crippen LogP contribution in [0.15, 0.2) is 36.8 Å². The number of hydrogen-bond donors (Lipinski definition) is 1. The zero-order chi connectivity index (χ0) is 14.4. The second-order valence-electron chi connectivity index (χ2n) is 4.54.